The minimum Gasteiger partial charge on any atom is -0.476 e. The van der Waals surface area contributed by atoms with Crippen LogP contribution in [0, 0.1) is 5.82 Å². The monoisotopic (exact) mass is 463 g/mol. The van der Waals surface area contributed by atoms with Gasteiger partial charge >= 0.3 is 17.9 Å². The van der Waals surface area contributed by atoms with Crippen LogP contribution in [0.15, 0.2) is 42.7 Å². The summed E-state index contributed by atoms with van der Waals surface area (Å²) in [5.74, 6) is -1.56. The van der Waals surface area contributed by atoms with Crippen LogP contribution in [0.5, 0.6) is 5.75 Å². The molecule has 0 spiro atoms. The Morgan fingerprint density at radius 1 is 0.938 bits per heavy atom. The van der Waals surface area contributed by atoms with Crippen LogP contribution in [0.25, 0.3) is 11.1 Å². The fourth-order valence-corrected chi connectivity index (χ4v) is 4.48. The highest BCUT2D eigenvalue weighted by atomic mass is 32.2. The molecular weight excluding hydrogens is 441 g/mol. The normalized spacial score (nSPS) is 22.5. The van der Waals surface area contributed by atoms with Crippen LogP contribution in [0.3, 0.4) is 0 Å². The van der Waals surface area contributed by atoms with Crippen LogP contribution in [0.1, 0.15) is 20.8 Å². The number of ether oxygens (including phenoxy) is 4. The fourth-order valence-electron chi connectivity index (χ4n) is 3.26. The van der Waals surface area contributed by atoms with Crippen molar-refractivity contribution in [2.45, 2.75) is 44.5 Å². The standard InChI is InChI=1S/C22H22FNO7S/c1-12(25)28-19-11-32-22(21(30-14(3)27)20(19)29-13(2)26)31-18-6-4-5-15(8-18)16-7-17(23)10-24-9-16/h4-10,19-22H,11H2,1-3H3/t19-,20+,21-,22-/m1/s1. The Morgan fingerprint density at radius 2 is 1.62 bits per heavy atom. The molecule has 3 rings (SSSR count). The number of carbonyl (C=O) groups excluding carboxylic acids is 3. The van der Waals surface area contributed by atoms with Crippen LogP contribution in [0.4, 0.5) is 4.39 Å². The number of hydrogen-bond acceptors (Lipinski definition) is 9. The van der Waals surface area contributed by atoms with E-state index >= 15 is 0 Å². The third kappa shape index (κ3) is 6.19. The first kappa shape index (κ1) is 23.5. The quantitative estimate of drug-likeness (QED) is 0.472. The van der Waals surface area contributed by atoms with Crippen molar-refractivity contribution in [2.24, 2.45) is 0 Å². The van der Waals surface area contributed by atoms with E-state index in [-0.39, 0.29) is 5.75 Å². The van der Waals surface area contributed by atoms with Crippen LogP contribution in [-0.2, 0) is 28.6 Å². The van der Waals surface area contributed by atoms with Gasteiger partial charge in [0.05, 0.1) is 6.20 Å². The van der Waals surface area contributed by atoms with Crippen LogP contribution < -0.4 is 4.74 Å². The van der Waals surface area contributed by atoms with Crippen LogP contribution in [0.2, 0.25) is 0 Å². The first-order valence-electron chi connectivity index (χ1n) is 9.74. The topological polar surface area (TPSA) is 101 Å². The third-order valence-corrected chi connectivity index (χ3v) is 5.64. The van der Waals surface area contributed by atoms with Crippen molar-refractivity contribution in [3.63, 3.8) is 0 Å². The van der Waals surface area contributed by atoms with Crippen LogP contribution in [-0.4, -0.2) is 52.4 Å². The maximum Gasteiger partial charge on any atom is 0.303 e. The van der Waals surface area contributed by atoms with Crippen molar-refractivity contribution in [3.05, 3.63) is 48.5 Å². The van der Waals surface area contributed by atoms with Gasteiger partial charge in [-0.2, -0.15) is 0 Å². The molecule has 1 fully saturated rings. The van der Waals surface area contributed by atoms with E-state index in [9.17, 15) is 18.8 Å². The van der Waals surface area contributed by atoms with Gasteiger partial charge in [0.2, 0.25) is 0 Å². The number of carbonyl (C=O) groups is 3. The summed E-state index contributed by atoms with van der Waals surface area (Å²) >= 11 is 1.25. The molecule has 0 radical (unpaired) electrons. The summed E-state index contributed by atoms with van der Waals surface area (Å²) in [6.07, 6.45) is -0.239. The van der Waals surface area contributed by atoms with E-state index in [2.05, 4.69) is 4.98 Å². The molecular formula is C22H22FNO7S. The number of thioether (sulfide) groups is 1. The molecule has 0 unspecified atom stereocenters. The molecule has 0 saturated carbocycles. The predicted molar refractivity (Wildman–Crippen MR) is 113 cm³/mol. The molecule has 0 amide bonds. The van der Waals surface area contributed by atoms with E-state index in [1.54, 1.807) is 24.3 Å². The van der Waals surface area contributed by atoms with E-state index in [1.165, 1.54) is 44.8 Å². The van der Waals surface area contributed by atoms with Gasteiger partial charge in [-0.25, -0.2) is 4.39 Å². The number of benzene rings is 1. The van der Waals surface area contributed by atoms with Crippen molar-refractivity contribution in [1.29, 1.82) is 0 Å². The number of halogens is 1. The Bertz CT molecular complexity index is 1000. The summed E-state index contributed by atoms with van der Waals surface area (Å²) in [7, 11) is 0. The molecule has 0 N–H and O–H groups in total. The zero-order valence-corrected chi connectivity index (χ0v) is 18.5. The molecule has 0 bridgehead atoms. The van der Waals surface area contributed by atoms with Crippen molar-refractivity contribution in [1.82, 2.24) is 4.98 Å². The van der Waals surface area contributed by atoms with Crippen molar-refractivity contribution >= 4 is 29.7 Å². The lowest BCUT2D eigenvalue weighted by Gasteiger charge is -2.39. The molecule has 1 aromatic heterocycles. The van der Waals surface area contributed by atoms with Gasteiger partial charge in [0.25, 0.3) is 0 Å². The average molecular weight is 463 g/mol. The Kier molecular flexibility index (Phi) is 7.68. The molecule has 1 saturated heterocycles. The van der Waals surface area contributed by atoms with E-state index in [1.807, 2.05) is 0 Å². The van der Waals surface area contributed by atoms with Gasteiger partial charge in [-0.1, -0.05) is 12.1 Å². The SMILES string of the molecule is CC(=O)O[C@@H]1[C@@H](OC(C)=O)[C@H](OC(C)=O)CS[C@H]1Oc1cccc(-c2cncc(F)c2)c1. The summed E-state index contributed by atoms with van der Waals surface area (Å²) in [6, 6.07) is 8.25. The summed E-state index contributed by atoms with van der Waals surface area (Å²) in [5.41, 5.74) is 0.487. The minimum absolute atomic E-state index is 0.257. The number of aromatic nitrogens is 1. The summed E-state index contributed by atoms with van der Waals surface area (Å²) in [5, 5.41) is 0. The van der Waals surface area contributed by atoms with E-state index in [0.29, 0.717) is 16.9 Å². The molecule has 1 aliphatic heterocycles. The molecule has 1 aliphatic rings. The van der Waals surface area contributed by atoms with E-state index < -0.39 is 47.5 Å². The summed E-state index contributed by atoms with van der Waals surface area (Å²) in [6.45, 7) is 3.68. The van der Waals surface area contributed by atoms with Crippen molar-refractivity contribution in [3.8, 4) is 16.9 Å². The van der Waals surface area contributed by atoms with Gasteiger partial charge in [0.1, 0.15) is 11.6 Å². The summed E-state index contributed by atoms with van der Waals surface area (Å²) < 4.78 is 35.7. The molecule has 32 heavy (non-hydrogen) atoms. The molecule has 1 aromatic carbocycles. The van der Waals surface area contributed by atoms with Gasteiger partial charge in [-0.05, 0) is 23.8 Å². The maximum atomic E-state index is 13.6. The highest BCUT2D eigenvalue weighted by Gasteiger charge is 2.47. The van der Waals surface area contributed by atoms with Gasteiger partial charge in [-0.3, -0.25) is 19.4 Å². The highest BCUT2D eigenvalue weighted by Crippen LogP contribution is 2.35. The van der Waals surface area contributed by atoms with Gasteiger partial charge in [0, 0.05) is 38.3 Å². The predicted octanol–water partition coefficient (Wildman–Crippen LogP) is 3.13. The lowest BCUT2D eigenvalue weighted by atomic mass is 10.1. The highest BCUT2D eigenvalue weighted by molar-refractivity contribution is 7.99. The molecule has 10 heteroatoms. The van der Waals surface area contributed by atoms with Crippen molar-refractivity contribution in [2.75, 3.05) is 5.75 Å². The number of hydrogen-bond donors (Lipinski definition) is 0. The lowest BCUT2D eigenvalue weighted by Crippen LogP contribution is -2.55. The number of nitrogens with zero attached hydrogens (tertiary/aromatic N) is 1. The summed E-state index contributed by atoms with van der Waals surface area (Å²) in [4.78, 5) is 38.8. The Labute approximate surface area is 188 Å². The minimum atomic E-state index is -1.04. The van der Waals surface area contributed by atoms with Crippen molar-refractivity contribution < 1.29 is 37.7 Å². The zero-order chi connectivity index (χ0) is 23.3. The van der Waals surface area contributed by atoms with Gasteiger partial charge in [-0.15, -0.1) is 11.8 Å². The second-order valence-corrected chi connectivity index (χ2v) is 8.17. The molecule has 8 nitrogen and oxygen atoms in total. The molecule has 4 atom stereocenters. The smallest absolute Gasteiger partial charge is 0.303 e. The Hall–Kier alpha value is -3.14. The zero-order valence-electron chi connectivity index (χ0n) is 17.6. The lowest BCUT2D eigenvalue weighted by molar-refractivity contribution is -0.186. The second kappa shape index (κ2) is 10.4. The van der Waals surface area contributed by atoms with E-state index in [4.69, 9.17) is 18.9 Å². The number of pyridine rings is 1. The van der Waals surface area contributed by atoms with E-state index in [0.717, 1.165) is 6.20 Å². The molecule has 170 valence electrons. The fraction of sp³-hybridized carbons (Fsp3) is 0.364. The molecule has 0 aliphatic carbocycles. The third-order valence-electron chi connectivity index (χ3n) is 4.43. The molecule has 2 heterocycles. The Balaban J connectivity index is 1.87. The maximum absolute atomic E-state index is 13.6. The van der Waals surface area contributed by atoms with Gasteiger partial charge in [0.15, 0.2) is 23.7 Å². The first-order chi connectivity index (χ1) is 15.2. The second-order valence-electron chi connectivity index (χ2n) is 7.04. The first-order valence-corrected chi connectivity index (χ1v) is 10.8. The van der Waals surface area contributed by atoms with Crippen LogP contribution >= 0.6 is 11.8 Å². The largest absolute Gasteiger partial charge is 0.476 e. The molecule has 2 aromatic rings. The number of esters is 3. The number of rotatable bonds is 6. The Morgan fingerprint density at radius 3 is 2.28 bits per heavy atom. The average Bonchev–Trinajstić information content (AvgIpc) is 2.71. The van der Waals surface area contributed by atoms with Gasteiger partial charge < -0.3 is 18.9 Å².